The van der Waals surface area contributed by atoms with E-state index in [1.54, 1.807) is 26.1 Å². The Kier molecular flexibility index (Phi) is 7.80. The smallest absolute Gasteiger partial charge is 0.280 e. The first-order valence-corrected chi connectivity index (χ1v) is 13.2. The third kappa shape index (κ3) is 6.78. The molecule has 37 heavy (non-hydrogen) atoms. The van der Waals surface area contributed by atoms with Crippen molar-refractivity contribution in [3.63, 3.8) is 0 Å². The molecule has 3 heterocycles. The minimum Gasteiger partial charge on any atom is -0.389 e. The van der Waals surface area contributed by atoms with Crippen LogP contribution in [0.1, 0.15) is 71.8 Å². The maximum absolute atomic E-state index is 13.7. The molecule has 2 aliphatic rings. The van der Waals surface area contributed by atoms with Crippen molar-refractivity contribution >= 4 is 29.0 Å². The summed E-state index contributed by atoms with van der Waals surface area (Å²) in [6.45, 7) is 5.42. The van der Waals surface area contributed by atoms with Gasteiger partial charge in [0.25, 0.3) is 11.8 Å². The maximum atomic E-state index is 13.7. The highest BCUT2D eigenvalue weighted by Crippen LogP contribution is 2.37. The minimum atomic E-state index is -2.68. The monoisotopic (exact) mass is 539 g/mol. The van der Waals surface area contributed by atoms with Crippen LogP contribution < -0.4 is 10.6 Å². The van der Waals surface area contributed by atoms with Gasteiger partial charge in [0.05, 0.1) is 10.5 Å². The van der Waals surface area contributed by atoms with E-state index in [9.17, 15) is 27.9 Å². The van der Waals surface area contributed by atoms with Gasteiger partial charge in [0.15, 0.2) is 5.01 Å². The van der Waals surface area contributed by atoms with Gasteiger partial charge in [-0.2, -0.15) is 0 Å². The molecule has 0 aromatic carbocycles. The van der Waals surface area contributed by atoms with E-state index >= 15 is 0 Å². The van der Waals surface area contributed by atoms with Crippen LogP contribution in [0.2, 0.25) is 0 Å². The predicted molar refractivity (Wildman–Crippen MR) is 135 cm³/mol. The number of aryl methyl sites for hydroxylation is 1. The van der Waals surface area contributed by atoms with E-state index in [0.717, 1.165) is 16.9 Å². The van der Waals surface area contributed by atoms with Crippen LogP contribution in [0.4, 0.5) is 19.0 Å². The number of nitrogens with one attached hydrogen (secondary N) is 2. The molecule has 2 aromatic rings. The van der Waals surface area contributed by atoms with Crippen LogP contribution in [-0.4, -0.2) is 75.2 Å². The van der Waals surface area contributed by atoms with Gasteiger partial charge in [0, 0.05) is 50.3 Å². The Morgan fingerprint density at radius 1 is 1.27 bits per heavy atom. The highest BCUT2D eigenvalue weighted by molar-refractivity contribution is 7.17. The molecule has 1 aliphatic heterocycles. The SMILES string of the molecule is Cc1cc(NC2CCC(F)(F)C2)ncc1-c1sc(C(=O)NCC(C)(C)O)nc1C(=O)N1CCC(F)CC1. The van der Waals surface area contributed by atoms with Gasteiger partial charge in [0.2, 0.25) is 5.92 Å². The molecule has 4 rings (SSSR count). The number of hydrogen-bond acceptors (Lipinski definition) is 7. The number of piperidine rings is 1. The van der Waals surface area contributed by atoms with Crippen molar-refractivity contribution < 1.29 is 27.9 Å². The van der Waals surface area contributed by atoms with Crippen LogP contribution in [0.25, 0.3) is 10.4 Å². The molecular formula is C25H32F3N5O3S. The minimum absolute atomic E-state index is 0.00476. The number of rotatable bonds is 7. The largest absolute Gasteiger partial charge is 0.389 e. The Balaban J connectivity index is 1.62. The Bertz CT molecular complexity index is 1160. The number of aromatic nitrogens is 2. The summed E-state index contributed by atoms with van der Waals surface area (Å²) in [5.74, 6) is -3.14. The van der Waals surface area contributed by atoms with Crippen molar-refractivity contribution in [2.75, 3.05) is 25.0 Å². The molecule has 0 spiro atoms. The molecule has 2 amide bonds. The van der Waals surface area contributed by atoms with E-state index in [0.29, 0.717) is 22.7 Å². The summed E-state index contributed by atoms with van der Waals surface area (Å²) in [6.07, 6.45) is 1.02. The van der Waals surface area contributed by atoms with Crippen molar-refractivity contribution in [1.29, 1.82) is 0 Å². The quantitative estimate of drug-likeness (QED) is 0.487. The molecule has 0 bridgehead atoms. The molecule has 1 saturated heterocycles. The molecule has 1 aliphatic carbocycles. The lowest BCUT2D eigenvalue weighted by Gasteiger charge is -2.28. The van der Waals surface area contributed by atoms with Crippen LogP contribution in [-0.2, 0) is 0 Å². The number of pyridine rings is 1. The van der Waals surface area contributed by atoms with Crippen molar-refractivity contribution in [3.8, 4) is 10.4 Å². The van der Waals surface area contributed by atoms with Crippen molar-refractivity contribution in [1.82, 2.24) is 20.2 Å². The van der Waals surface area contributed by atoms with Gasteiger partial charge in [-0.25, -0.2) is 23.1 Å². The van der Waals surface area contributed by atoms with Gasteiger partial charge in [-0.3, -0.25) is 9.59 Å². The lowest BCUT2D eigenvalue weighted by Crippen LogP contribution is -2.39. The molecule has 1 saturated carbocycles. The molecule has 3 N–H and O–H groups in total. The Morgan fingerprint density at radius 3 is 2.57 bits per heavy atom. The number of aliphatic hydroxyl groups is 1. The van der Waals surface area contributed by atoms with Crippen molar-refractivity contribution in [2.45, 2.75) is 76.6 Å². The molecule has 1 unspecified atom stereocenters. The maximum Gasteiger partial charge on any atom is 0.280 e. The highest BCUT2D eigenvalue weighted by atomic mass is 32.1. The van der Waals surface area contributed by atoms with Crippen molar-refractivity contribution in [3.05, 3.63) is 28.5 Å². The molecule has 8 nitrogen and oxygen atoms in total. The number of hydrogen-bond donors (Lipinski definition) is 3. The van der Waals surface area contributed by atoms with Crippen molar-refractivity contribution in [2.24, 2.45) is 0 Å². The predicted octanol–water partition coefficient (Wildman–Crippen LogP) is 4.19. The zero-order chi connectivity index (χ0) is 27.0. The van der Waals surface area contributed by atoms with Gasteiger partial charge >= 0.3 is 0 Å². The number of thiazole rings is 1. The van der Waals surface area contributed by atoms with E-state index in [2.05, 4.69) is 20.6 Å². The van der Waals surface area contributed by atoms with Gasteiger partial charge in [-0.15, -0.1) is 11.3 Å². The number of halogens is 3. The standard InChI is InChI=1S/C25H32F3N5O3S/c1-14-10-18(31-16-4-7-25(27,28)11-16)29-12-17(14)20-19(23(35)33-8-5-15(26)6-9-33)32-22(37-20)21(34)30-13-24(2,3)36/h10,12,15-16,36H,4-9,11,13H2,1-3H3,(H,29,31)(H,30,34). The van der Waals surface area contributed by atoms with E-state index in [-0.39, 0.29) is 62.1 Å². The van der Waals surface area contributed by atoms with E-state index < -0.39 is 29.5 Å². The molecule has 1 atom stereocenters. The van der Waals surface area contributed by atoms with Crippen LogP contribution >= 0.6 is 11.3 Å². The highest BCUT2D eigenvalue weighted by Gasteiger charge is 2.39. The summed E-state index contributed by atoms with van der Waals surface area (Å²) in [6, 6.07) is 1.35. The number of nitrogens with zero attached hydrogens (tertiary/aromatic N) is 3. The zero-order valence-corrected chi connectivity index (χ0v) is 21.9. The number of anilines is 1. The summed E-state index contributed by atoms with van der Waals surface area (Å²) in [4.78, 5) is 36.9. The molecule has 2 fully saturated rings. The van der Waals surface area contributed by atoms with Crippen LogP contribution in [0, 0.1) is 6.92 Å². The fraction of sp³-hybridized carbons (Fsp3) is 0.600. The summed E-state index contributed by atoms with van der Waals surface area (Å²) in [5, 5.41) is 15.7. The number of carbonyl (C=O) groups excluding carboxylic acids is 2. The van der Waals surface area contributed by atoms with Gasteiger partial charge < -0.3 is 20.6 Å². The molecule has 2 aromatic heterocycles. The average Bonchev–Trinajstić information content (AvgIpc) is 3.40. The normalized spacial score (nSPS) is 20.2. The number of amides is 2. The summed E-state index contributed by atoms with van der Waals surface area (Å²) in [5.41, 5.74) is 0.269. The lowest BCUT2D eigenvalue weighted by molar-refractivity contribution is 0.00850. The van der Waals surface area contributed by atoms with E-state index in [1.807, 2.05) is 6.92 Å². The molecule has 0 radical (unpaired) electrons. The lowest BCUT2D eigenvalue weighted by atomic mass is 10.1. The second-order valence-corrected chi connectivity index (χ2v) is 11.5. The molecule has 12 heteroatoms. The first-order valence-electron chi connectivity index (χ1n) is 12.4. The van der Waals surface area contributed by atoms with E-state index in [4.69, 9.17) is 0 Å². The van der Waals surface area contributed by atoms with Gasteiger partial charge in [-0.1, -0.05) is 0 Å². The Morgan fingerprint density at radius 2 is 1.97 bits per heavy atom. The Labute approximate surface area is 217 Å². The first-order chi connectivity index (χ1) is 17.3. The van der Waals surface area contributed by atoms with Crippen LogP contribution in [0.5, 0.6) is 0 Å². The Hall–Kier alpha value is -2.73. The van der Waals surface area contributed by atoms with Crippen LogP contribution in [0.3, 0.4) is 0 Å². The topological polar surface area (TPSA) is 107 Å². The van der Waals surface area contributed by atoms with Gasteiger partial charge in [0.1, 0.15) is 17.7 Å². The summed E-state index contributed by atoms with van der Waals surface area (Å²) < 4.78 is 40.8. The number of likely N-dealkylation sites (tertiary alicyclic amines) is 1. The second-order valence-electron chi connectivity index (χ2n) is 10.5. The summed E-state index contributed by atoms with van der Waals surface area (Å²) in [7, 11) is 0. The third-order valence-corrected chi connectivity index (χ3v) is 7.62. The average molecular weight is 540 g/mol. The molecule has 202 valence electrons. The summed E-state index contributed by atoms with van der Waals surface area (Å²) >= 11 is 1.03. The third-order valence-electron chi connectivity index (χ3n) is 6.53. The number of alkyl halides is 3. The fourth-order valence-electron chi connectivity index (χ4n) is 4.47. The second kappa shape index (κ2) is 10.6. The molecular weight excluding hydrogens is 507 g/mol. The van der Waals surface area contributed by atoms with Gasteiger partial charge in [-0.05, 0) is 51.7 Å². The fourth-order valence-corrected chi connectivity index (χ4v) is 5.52. The first kappa shape index (κ1) is 27.3. The van der Waals surface area contributed by atoms with Crippen LogP contribution in [0.15, 0.2) is 12.3 Å². The van der Waals surface area contributed by atoms with E-state index in [1.165, 1.54) is 4.90 Å². The number of carbonyl (C=O) groups is 2. The zero-order valence-electron chi connectivity index (χ0n) is 21.1.